The van der Waals surface area contributed by atoms with Crippen LogP contribution in [0.3, 0.4) is 0 Å². The molecule has 1 aromatic heterocycles. The van der Waals surface area contributed by atoms with E-state index in [0.717, 1.165) is 15.9 Å². The molecule has 1 heterocycles. The molecule has 0 atom stereocenters. The summed E-state index contributed by atoms with van der Waals surface area (Å²) >= 11 is 3.38. The molecule has 5 heteroatoms. The predicted octanol–water partition coefficient (Wildman–Crippen LogP) is 3.39. The number of nitrogen functional groups attached to an aromatic ring is 1. The monoisotopic (exact) mass is 309 g/mol. The smallest absolute Gasteiger partial charge is 0.200 e. The quantitative estimate of drug-likeness (QED) is 0.942. The maximum absolute atomic E-state index is 5.82. The Balaban J connectivity index is 2.02. The first-order valence-electron chi connectivity index (χ1n) is 5.78. The molecular formula is C13H16BrN3O. The van der Waals surface area contributed by atoms with Gasteiger partial charge in [0.1, 0.15) is 12.4 Å². The van der Waals surface area contributed by atoms with Crippen LogP contribution in [0.2, 0.25) is 0 Å². The zero-order valence-corrected chi connectivity index (χ0v) is 12.0. The number of nitrogens with two attached hydrogens (primary N) is 1. The van der Waals surface area contributed by atoms with Crippen LogP contribution in [0, 0.1) is 0 Å². The highest BCUT2D eigenvalue weighted by Crippen LogP contribution is 2.18. The van der Waals surface area contributed by atoms with E-state index in [9.17, 15) is 0 Å². The van der Waals surface area contributed by atoms with Gasteiger partial charge in [-0.25, -0.2) is 4.98 Å². The van der Waals surface area contributed by atoms with Gasteiger partial charge < -0.3 is 15.0 Å². The van der Waals surface area contributed by atoms with Crippen molar-refractivity contribution >= 4 is 21.9 Å². The molecule has 0 bridgehead atoms. The maximum atomic E-state index is 5.82. The van der Waals surface area contributed by atoms with Crippen molar-refractivity contribution in [3.8, 4) is 5.75 Å². The summed E-state index contributed by atoms with van der Waals surface area (Å²) in [6.07, 6.45) is 1.93. The average molecular weight is 310 g/mol. The summed E-state index contributed by atoms with van der Waals surface area (Å²) in [5, 5.41) is 0. The summed E-state index contributed by atoms with van der Waals surface area (Å²) in [6.45, 7) is 4.56. The fourth-order valence-electron chi connectivity index (χ4n) is 1.63. The number of ether oxygens (including phenoxy) is 1. The van der Waals surface area contributed by atoms with Crippen LogP contribution in [0.1, 0.15) is 25.6 Å². The molecule has 4 nitrogen and oxygen atoms in total. The number of benzene rings is 1. The van der Waals surface area contributed by atoms with E-state index in [1.54, 1.807) is 0 Å². The van der Waals surface area contributed by atoms with Gasteiger partial charge in [0, 0.05) is 16.7 Å². The molecular weight excluding hydrogens is 294 g/mol. The molecule has 0 unspecified atom stereocenters. The highest BCUT2D eigenvalue weighted by molar-refractivity contribution is 9.10. The minimum absolute atomic E-state index is 0.305. The molecule has 2 rings (SSSR count). The molecule has 0 aliphatic rings. The van der Waals surface area contributed by atoms with Gasteiger partial charge in [-0.2, -0.15) is 0 Å². The van der Waals surface area contributed by atoms with Crippen molar-refractivity contribution in [2.75, 3.05) is 5.73 Å². The molecule has 0 spiro atoms. The van der Waals surface area contributed by atoms with Gasteiger partial charge in [0.2, 0.25) is 5.95 Å². The van der Waals surface area contributed by atoms with Crippen molar-refractivity contribution in [3.63, 3.8) is 0 Å². The van der Waals surface area contributed by atoms with Gasteiger partial charge in [-0.05, 0) is 38.1 Å². The van der Waals surface area contributed by atoms with Gasteiger partial charge in [-0.1, -0.05) is 15.9 Å². The Morgan fingerprint density at radius 1 is 1.33 bits per heavy atom. The lowest BCUT2D eigenvalue weighted by atomic mass is 10.3. The first-order valence-corrected chi connectivity index (χ1v) is 6.57. The molecule has 2 aromatic rings. The molecule has 0 saturated carbocycles. The molecule has 2 N–H and O–H groups in total. The van der Waals surface area contributed by atoms with Crippen LogP contribution in [-0.2, 0) is 6.61 Å². The fourth-order valence-corrected chi connectivity index (χ4v) is 1.90. The van der Waals surface area contributed by atoms with Crippen LogP contribution in [0.25, 0.3) is 0 Å². The second-order valence-electron chi connectivity index (χ2n) is 4.33. The van der Waals surface area contributed by atoms with E-state index in [1.807, 2.05) is 35.0 Å². The predicted molar refractivity (Wildman–Crippen MR) is 75.5 cm³/mol. The molecule has 96 valence electrons. The number of anilines is 1. The zero-order valence-electron chi connectivity index (χ0n) is 10.4. The van der Waals surface area contributed by atoms with Crippen molar-refractivity contribution in [3.05, 3.63) is 40.6 Å². The number of halogens is 1. The van der Waals surface area contributed by atoms with Crippen molar-refractivity contribution in [2.45, 2.75) is 26.5 Å². The first kappa shape index (κ1) is 13.0. The Morgan fingerprint density at radius 2 is 2.00 bits per heavy atom. The van der Waals surface area contributed by atoms with Crippen LogP contribution in [0.4, 0.5) is 5.95 Å². The number of nitrogens with zero attached hydrogens (tertiary/aromatic N) is 2. The second-order valence-corrected chi connectivity index (χ2v) is 5.25. The number of imidazole rings is 1. The van der Waals surface area contributed by atoms with E-state index in [4.69, 9.17) is 10.5 Å². The SMILES string of the molecule is CC(C)n1cc(COc2ccc(Br)cc2)nc1N. The van der Waals surface area contributed by atoms with Crippen LogP contribution < -0.4 is 10.5 Å². The van der Waals surface area contributed by atoms with Gasteiger partial charge >= 0.3 is 0 Å². The van der Waals surface area contributed by atoms with Crippen LogP contribution in [0.15, 0.2) is 34.9 Å². The normalized spacial score (nSPS) is 10.9. The maximum Gasteiger partial charge on any atom is 0.200 e. The largest absolute Gasteiger partial charge is 0.487 e. The summed E-state index contributed by atoms with van der Waals surface area (Å²) in [6, 6.07) is 8.01. The van der Waals surface area contributed by atoms with Crippen LogP contribution in [0.5, 0.6) is 5.75 Å². The number of rotatable bonds is 4. The molecule has 0 aliphatic heterocycles. The van der Waals surface area contributed by atoms with Gasteiger partial charge in [0.25, 0.3) is 0 Å². The van der Waals surface area contributed by atoms with Crippen molar-refractivity contribution in [2.24, 2.45) is 0 Å². The third-order valence-corrected chi connectivity index (χ3v) is 3.10. The Kier molecular flexibility index (Phi) is 3.91. The molecule has 0 aliphatic carbocycles. The van der Waals surface area contributed by atoms with E-state index in [-0.39, 0.29) is 0 Å². The average Bonchev–Trinajstić information content (AvgIpc) is 2.70. The topological polar surface area (TPSA) is 53.1 Å². The fraction of sp³-hybridized carbons (Fsp3) is 0.308. The molecule has 0 radical (unpaired) electrons. The third-order valence-electron chi connectivity index (χ3n) is 2.57. The lowest BCUT2D eigenvalue weighted by Gasteiger charge is -2.07. The minimum Gasteiger partial charge on any atom is -0.487 e. The molecule has 0 amide bonds. The summed E-state index contributed by atoms with van der Waals surface area (Å²) in [4.78, 5) is 4.27. The van der Waals surface area contributed by atoms with Crippen molar-refractivity contribution in [1.82, 2.24) is 9.55 Å². The van der Waals surface area contributed by atoms with Crippen molar-refractivity contribution in [1.29, 1.82) is 0 Å². The van der Waals surface area contributed by atoms with E-state index in [1.165, 1.54) is 0 Å². The standard InChI is InChI=1S/C13H16BrN3O/c1-9(2)17-7-11(16-13(17)15)8-18-12-5-3-10(14)4-6-12/h3-7,9H,8H2,1-2H3,(H2,15,16). The molecule has 1 aromatic carbocycles. The summed E-state index contributed by atoms with van der Waals surface area (Å²) < 4.78 is 8.60. The van der Waals surface area contributed by atoms with Gasteiger partial charge in [0.15, 0.2) is 0 Å². The van der Waals surface area contributed by atoms with Crippen molar-refractivity contribution < 1.29 is 4.74 Å². The molecule has 0 fully saturated rings. The molecule has 18 heavy (non-hydrogen) atoms. The Morgan fingerprint density at radius 3 is 2.56 bits per heavy atom. The van der Waals surface area contributed by atoms with E-state index in [0.29, 0.717) is 18.6 Å². The highest BCUT2D eigenvalue weighted by Gasteiger charge is 2.07. The third kappa shape index (κ3) is 3.04. The van der Waals surface area contributed by atoms with Crippen LogP contribution in [-0.4, -0.2) is 9.55 Å². The summed E-state index contributed by atoms with van der Waals surface area (Å²) in [5.74, 6) is 1.34. The second kappa shape index (κ2) is 5.44. The lowest BCUT2D eigenvalue weighted by molar-refractivity contribution is 0.301. The van der Waals surface area contributed by atoms with Gasteiger partial charge in [-0.3, -0.25) is 0 Å². The Bertz CT molecular complexity index is 520. The van der Waals surface area contributed by atoms with Gasteiger partial charge in [-0.15, -0.1) is 0 Å². The first-order chi connectivity index (χ1) is 8.56. The van der Waals surface area contributed by atoms with Crippen LogP contribution >= 0.6 is 15.9 Å². The summed E-state index contributed by atoms with van der Waals surface area (Å²) in [5.41, 5.74) is 6.66. The zero-order chi connectivity index (χ0) is 13.1. The lowest BCUT2D eigenvalue weighted by Crippen LogP contribution is -2.03. The Labute approximate surface area is 115 Å². The van der Waals surface area contributed by atoms with E-state index in [2.05, 4.69) is 34.8 Å². The number of hydrogen-bond donors (Lipinski definition) is 1. The molecule has 0 saturated heterocycles. The number of hydrogen-bond acceptors (Lipinski definition) is 3. The van der Waals surface area contributed by atoms with E-state index >= 15 is 0 Å². The minimum atomic E-state index is 0.305. The highest BCUT2D eigenvalue weighted by atomic mass is 79.9. The number of aromatic nitrogens is 2. The summed E-state index contributed by atoms with van der Waals surface area (Å²) in [7, 11) is 0. The van der Waals surface area contributed by atoms with Gasteiger partial charge in [0.05, 0.1) is 5.69 Å². The van der Waals surface area contributed by atoms with E-state index < -0.39 is 0 Å². The Hall–Kier alpha value is -1.49.